The Bertz CT molecular complexity index is 968. The van der Waals surface area contributed by atoms with Gasteiger partial charge < -0.3 is 24.6 Å². The van der Waals surface area contributed by atoms with Crippen LogP contribution >= 0.6 is 0 Å². The maximum atomic E-state index is 13.4. The summed E-state index contributed by atoms with van der Waals surface area (Å²) in [5.74, 6) is 5.01. The number of nitrogens with zero attached hydrogens (tertiary/aromatic N) is 2. The molecule has 0 fully saturated rings. The maximum absolute atomic E-state index is 13.4. The van der Waals surface area contributed by atoms with Crippen molar-refractivity contribution in [3.8, 4) is 17.6 Å². The first-order valence-corrected chi connectivity index (χ1v) is 11.8. The number of ether oxygens (including phenoxy) is 2. The molecular formula is C22H32N2O7S. The summed E-state index contributed by atoms with van der Waals surface area (Å²) in [7, 11) is -0.894. The first kappa shape index (κ1) is 26.1. The number of hydrogen-bond acceptors (Lipinski definition) is 7. The summed E-state index contributed by atoms with van der Waals surface area (Å²) in [5, 5.41) is 19.1. The van der Waals surface area contributed by atoms with Crippen molar-refractivity contribution in [3.63, 3.8) is 0 Å². The second-order valence-corrected chi connectivity index (χ2v) is 9.91. The summed E-state index contributed by atoms with van der Waals surface area (Å²) in [6, 6.07) is 3.84. The monoisotopic (exact) mass is 468 g/mol. The van der Waals surface area contributed by atoms with Gasteiger partial charge in [0.15, 0.2) is 0 Å². The predicted octanol–water partition coefficient (Wildman–Crippen LogP) is 0.292. The van der Waals surface area contributed by atoms with Gasteiger partial charge >= 0.3 is 0 Å². The molecule has 1 aliphatic rings. The average molecular weight is 469 g/mol. The molecule has 10 heteroatoms. The number of hydrogen-bond donors (Lipinski definition) is 2. The minimum atomic E-state index is -3.96. The van der Waals surface area contributed by atoms with E-state index in [0.29, 0.717) is 5.56 Å². The SMILES string of the molecule is COCC(=O)N(C)C[C@H]1Oc2cc(C#C[C@H](C)O)ccc2S(=O)(=O)N([C@@H](C)CO)C[C@@H]1C. The number of likely N-dealkylation sites (N-methyl/N-ethyl adjacent to an activating group) is 1. The molecule has 1 aromatic carbocycles. The molecule has 0 saturated heterocycles. The summed E-state index contributed by atoms with van der Waals surface area (Å²) in [6.45, 7) is 4.93. The van der Waals surface area contributed by atoms with E-state index in [9.17, 15) is 23.4 Å². The quantitative estimate of drug-likeness (QED) is 0.577. The van der Waals surface area contributed by atoms with E-state index in [2.05, 4.69) is 11.8 Å². The smallest absolute Gasteiger partial charge is 0.248 e. The number of carbonyl (C=O) groups excluding carboxylic acids is 1. The van der Waals surface area contributed by atoms with Crippen molar-refractivity contribution in [1.29, 1.82) is 0 Å². The Morgan fingerprint density at radius 3 is 2.69 bits per heavy atom. The summed E-state index contributed by atoms with van der Waals surface area (Å²) < 4.78 is 39.1. The number of methoxy groups -OCH3 is 1. The standard InChI is InChI=1S/C22H32N2O7S/c1-15-11-24(16(2)13-25)32(28,29)21-9-8-18(7-6-17(3)26)10-19(21)31-20(15)12-23(4)22(27)14-30-5/h8-10,15-17,20,25-26H,11-14H2,1-5H3/t15-,16-,17-,20+/m0/s1. The molecule has 1 amide bonds. The molecule has 32 heavy (non-hydrogen) atoms. The molecule has 1 aliphatic heterocycles. The normalized spacial score (nSPS) is 22.2. The maximum Gasteiger partial charge on any atom is 0.248 e. The minimum absolute atomic E-state index is 0.0387. The highest BCUT2D eigenvalue weighted by molar-refractivity contribution is 7.89. The number of amides is 1. The van der Waals surface area contributed by atoms with E-state index in [1.165, 1.54) is 35.4 Å². The number of fused-ring (bicyclic) bond motifs is 1. The van der Waals surface area contributed by atoms with Crippen LogP contribution in [0.1, 0.15) is 26.3 Å². The Morgan fingerprint density at radius 2 is 2.09 bits per heavy atom. The molecule has 0 spiro atoms. The largest absolute Gasteiger partial charge is 0.487 e. The second kappa shape index (κ2) is 11.1. The van der Waals surface area contributed by atoms with E-state index in [1.54, 1.807) is 20.0 Å². The van der Waals surface area contributed by atoms with Gasteiger partial charge in [-0.15, -0.1) is 0 Å². The van der Waals surface area contributed by atoms with Crippen molar-refractivity contribution in [1.82, 2.24) is 9.21 Å². The summed E-state index contributed by atoms with van der Waals surface area (Å²) in [6.07, 6.45) is -1.36. The van der Waals surface area contributed by atoms with Crippen LogP contribution in [0.5, 0.6) is 5.75 Å². The van der Waals surface area contributed by atoms with E-state index in [1.807, 2.05) is 6.92 Å². The number of rotatable bonds is 6. The lowest BCUT2D eigenvalue weighted by molar-refractivity contribution is -0.135. The van der Waals surface area contributed by atoms with Crippen LogP contribution in [0.25, 0.3) is 0 Å². The lowest BCUT2D eigenvalue weighted by Crippen LogP contribution is -2.50. The molecule has 1 aromatic rings. The first-order chi connectivity index (χ1) is 15.0. The fourth-order valence-corrected chi connectivity index (χ4v) is 5.14. The first-order valence-electron chi connectivity index (χ1n) is 10.4. The van der Waals surface area contributed by atoms with Crippen LogP contribution < -0.4 is 4.74 Å². The zero-order chi connectivity index (χ0) is 24.1. The van der Waals surface area contributed by atoms with Crippen LogP contribution in [-0.4, -0.2) is 92.5 Å². The molecule has 0 saturated carbocycles. The van der Waals surface area contributed by atoms with Gasteiger partial charge in [-0.25, -0.2) is 8.42 Å². The van der Waals surface area contributed by atoms with Crippen LogP contribution in [0.4, 0.5) is 0 Å². The van der Waals surface area contributed by atoms with Crippen LogP contribution in [0, 0.1) is 17.8 Å². The van der Waals surface area contributed by atoms with Gasteiger partial charge in [-0.1, -0.05) is 18.8 Å². The van der Waals surface area contributed by atoms with E-state index < -0.39 is 28.3 Å². The lowest BCUT2D eigenvalue weighted by atomic mass is 10.0. The average Bonchev–Trinajstić information content (AvgIpc) is 2.74. The Balaban J connectivity index is 2.55. The van der Waals surface area contributed by atoms with Gasteiger partial charge in [-0.05, 0) is 32.0 Å². The van der Waals surface area contributed by atoms with Gasteiger partial charge in [0, 0.05) is 38.2 Å². The van der Waals surface area contributed by atoms with Gasteiger partial charge in [0.25, 0.3) is 0 Å². The molecule has 4 atom stereocenters. The van der Waals surface area contributed by atoms with Crippen LogP contribution in [0.3, 0.4) is 0 Å². The van der Waals surface area contributed by atoms with Gasteiger partial charge in [0.1, 0.15) is 29.5 Å². The molecule has 1 heterocycles. The van der Waals surface area contributed by atoms with Crippen molar-refractivity contribution >= 4 is 15.9 Å². The van der Waals surface area contributed by atoms with Crippen molar-refractivity contribution in [3.05, 3.63) is 23.8 Å². The Labute approximate surface area is 190 Å². The molecule has 2 rings (SSSR count). The van der Waals surface area contributed by atoms with E-state index in [-0.39, 0.29) is 48.8 Å². The number of aliphatic hydroxyl groups excluding tert-OH is 2. The van der Waals surface area contributed by atoms with Gasteiger partial charge in [-0.3, -0.25) is 4.79 Å². The Hall–Kier alpha value is -2.16. The number of carbonyl (C=O) groups is 1. The van der Waals surface area contributed by atoms with Crippen molar-refractivity contribution < 1.29 is 32.9 Å². The number of aliphatic hydroxyl groups is 2. The zero-order valence-electron chi connectivity index (χ0n) is 19.1. The van der Waals surface area contributed by atoms with Gasteiger partial charge in [0.05, 0.1) is 13.2 Å². The molecule has 0 radical (unpaired) electrons. The van der Waals surface area contributed by atoms with E-state index in [0.717, 1.165) is 0 Å². The molecule has 9 nitrogen and oxygen atoms in total. The number of sulfonamides is 1. The molecule has 0 unspecified atom stereocenters. The third kappa shape index (κ3) is 6.21. The topological polar surface area (TPSA) is 117 Å². The molecule has 2 N–H and O–H groups in total. The third-order valence-corrected chi connectivity index (χ3v) is 7.26. The highest BCUT2D eigenvalue weighted by Crippen LogP contribution is 2.34. The van der Waals surface area contributed by atoms with Gasteiger partial charge in [-0.2, -0.15) is 4.31 Å². The minimum Gasteiger partial charge on any atom is -0.487 e. The Morgan fingerprint density at radius 1 is 1.41 bits per heavy atom. The van der Waals surface area contributed by atoms with Gasteiger partial charge in [0.2, 0.25) is 15.9 Å². The highest BCUT2D eigenvalue weighted by Gasteiger charge is 2.38. The van der Waals surface area contributed by atoms with Crippen molar-refractivity contribution in [2.24, 2.45) is 5.92 Å². The third-order valence-electron chi connectivity index (χ3n) is 5.24. The summed E-state index contributed by atoms with van der Waals surface area (Å²) in [5.41, 5.74) is 0.484. The summed E-state index contributed by atoms with van der Waals surface area (Å²) in [4.78, 5) is 13.7. The molecule has 0 aliphatic carbocycles. The fraction of sp³-hybridized carbons (Fsp3) is 0.591. The highest BCUT2D eigenvalue weighted by atomic mass is 32.2. The molecule has 178 valence electrons. The van der Waals surface area contributed by atoms with Crippen molar-refractivity contribution in [2.45, 2.75) is 43.9 Å². The zero-order valence-corrected chi connectivity index (χ0v) is 19.9. The molecular weight excluding hydrogens is 436 g/mol. The predicted molar refractivity (Wildman–Crippen MR) is 119 cm³/mol. The van der Waals surface area contributed by atoms with Crippen LogP contribution in [-0.2, 0) is 19.6 Å². The van der Waals surface area contributed by atoms with E-state index >= 15 is 0 Å². The van der Waals surface area contributed by atoms with Crippen molar-refractivity contribution in [2.75, 3.05) is 40.5 Å². The number of benzene rings is 1. The van der Waals surface area contributed by atoms with Crippen LogP contribution in [0.15, 0.2) is 23.1 Å². The second-order valence-electron chi connectivity index (χ2n) is 8.05. The lowest BCUT2D eigenvalue weighted by Gasteiger charge is -2.37. The molecule has 0 bridgehead atoms. The Kier molecular flexibility index (Phi) is 9.07. The van der Waals surface area contributed by atoms with Crippen LogP contribution in [0.2, 0.25) is 0 Å². The fourth-order valence-electron chi connectivity index (χ4n) is 3.31. The van der Waals surface area contributed by atoms with E-state index in [4.69, 9.17) is 9.47 Å². The summed E-state index contributed by atoms with van der Waals surface area (Å²) >= 11 is 0. The molecule has 0 aromatic heterocycles.